The number of hydrogen-bond donors (Lipinski definition) is 2. The topological polar surface area (TPSA) is 66.4 Å². The van der Waals surface area contributed by atoms with E-state index in [1.165, 1.54) is 0 Å². The van der Waals surface area contributed by atoms with Gasteiger partial charge in [-0.25, -0.2) is 0 Å². The lowest BCUT2D eigenvalue weighted by Crippen LogP contribution is -2.30. The Balaban J connectivity index is 2.04. The molecule has 0 spiro atoms. The molecule has 21 heavy (non-hydrogen) atoms. The smallest absolute Gasteiger partial charge is 0.313 e. The van der Waals surface area contributed by atoms with Crippen LogP contribution in [0.4, 0.5) is 0 Å². The van der Waals surface area contributed by atoms with Gasteiger partial charge in [0.2, 0.25) is 5.91 Å². The number of benzene rings is 1. The molecule has 0 aliphatic carbocycles. The van der Waals surface area contributed by atoms with Gasteiger partial charge in [-0.3, -0.25) is 9.59 Å². The first-order valence-corrected chi connectivity index (χ1v) is 8.37. The average molecular weight is 321 g/mol. The van der Waals surface area contributed by atoms with Crippen molar-refractivity contribution in [3.05, 3.63) is 58.3 Å². The van der Waals surface area contributed by atoms with Crippen molar-refractivity contribution in [2.45, 2.75) is 6.04 Å². The maximum Gasteiger partial charge on any atom is 0.313 e. The number of nitrogens with one attached hydrogen (secondary N) is 1. The van der Waals surface area contributed by atoms with E-state index in [9.17, 15) is 9.59 Å². The average Bonchev–Trinajstić information content (AvgIpc) is 2.99. The summed E-state index contributed by atoms with van der Waals surface area (Å²) >= 11 is 2.68. The second-order valence-corrected chi connectivity index (χ2v) is 6.28. The van der Waals surface area contributed by atoms with E-state index >= 15 is 0 Å². The highest BCUT2D eigenvalue weighted by Gasteiger charge is 2.17. The van der Waals surface area contributed by atoms with Crippen molar-refractivity contribution in [2.75, 3.05) is 11.5 Å². The van der Waals surface area contributed by atoms with Crippen molar-refractivity contribution in [1.29, 1.82) is 0 Å². The number of carbonyl (C=O) groups excluding carboxylic acids is 1. The fourth-order valence-electron chi connectivity index (χ4n) is 1.85. The molecular formula is C15H15NO3S2. The molecule has 0 radical (unpaired) electrons. The van der Waals surface area contributed by atoms with Crippen molar-refractivity contribution in [2.24, 2.45) is 0 Å². The Bertz CT molecular complexity index is 584. The van der Waals surface area contributed by atoms with Crippen LogP contribution in [-0.2, 0) is 9.59 Å². The molecule has 0 aliphatic heterocycles. The Morgan fingerprint density at radius 1 is 1.14 bits per heavy atom. The molecule has 0 bridgehead atoms. The number of hydrogen-bond acceptors (Lipinski definition) is 4. The fraction of sp³-hybridized carbons (Fsp3) is 0.200. The molecule has 6 heteroatoms. The van der Waals surface area contributed by atoms with Crippen LogP contribution in [0.1, 0.15) is 16.5 Å². The molecule has 1 aromatic heterocycles. The van der Waals surface area contributed by atoms with Gasteiger partial charge in [-0.05, 0) is 17.0 Å². The molecule has 110 valence electrons. The van der Waals surface area contributed by atoms with Gasteiger partial charge in [0.15, 0.2) is 0 Å². The number of carboxylic acid groups (broad SMARTS) is 1. The van der Waals surface area contributed by atoms with E-state index in [4.69, 9.17) is 5.11 Å². The van der Waals surface area contributed by atoms with Crippen LogP contribution >= 0.6 is 23.1 Å². The number of thiophene rings is 1. The lowest BCUT2D eigenvalue weighted by atomic mass is 10.1. The molecule has 0 saturated carbocycles. The molecule has 1 heterocycles. The minimum Gasteiger partial charge on any atom is -0.481 e. The van der Waals surface area contributed by atoms with Crippen molar-refractivity contribution in [1.82, 2.24) is 5.32 Å². The van der Waals surface area contributed by atoms with E-state index in [1.54, 1.807) is 11.3 Å². The zero-order valence-electron chi connectivity index (χ0n) is 11.2. The van der Waals surface area contributed by atoms with Gasteiger partial charge in [0.05, 0.1) is 17.5 Å². The van der Waals surface area contributed by atoms with Gasteiger partial charge < -0.3 is 10.4 Å². The molecule has 1 amide bonds. The number of thioether (sulfide) groups is 1. The summed E-state index contributed by atoms with van der Waals surface area (Å²) in [6.07, 6.45) is 0. The van der Waals surface area contributed by atoms with Crippen molar-refractivity contribution >= 4 is 35.0 Å². The van der Waals surface area contributed by atoms with Crippen LogP contribution in [0.15, 0.2) is 47.8 Å². The van der Waals surface area contributed by atoms with Crippen LogP contribution in [-0.4, -0.2) is 28.5 Å². The minimum absolute atomic E-state index is 0.0670. The van der Waals surface area contributed by atoms with E-state index in [2.05, 4.69) is 5.32 Å². The summed E-state index contributed by atoms with van der Waals surface area (Å²) in [5.41, 5.74) is 1.01. The summed E-state index contributed by atoms with van der Waals surface area (Å²) in [5.74, 6) is -1.00. The van der Waals surface area contributed by atoms with Gasteiger partial charge in [0.25, 0.3) is 0 Å². The zero-order valence-corrected chi connectivity index (χ0v) is 12.8. The van der Waals surface area contributed by atoms with Gasteiger partial charge in [0, 0.05) is 4.88 Å². The van der Waals surface area contributed by atoms with E-state index < -0.39 is 5.97 Å². The van der Waals surface area contributed by atoms with Gasteiger partial charge in [-0.1, -0.05) is 36.4 Å². The first-order valence-electron chi connectivity index (χ1n) is 6.34. The number of aliphatic carboxylic acids is 1. The third-order valence-corrected chi connectivity index (χ3v) is 4.58. The number of carboxylic acids is 1. The highest BCUT2D eigenvalue weighted by atomic mass is 32.2. The quantitative estimate of drug-likeness (QED) is 0.823. The summed E-state index contributed by atoms with van der Waals surface area (Å²) in [6.45, 7) is 0. The van der Waals surface area contributed by atoms with Crippen LogP contribution in [0, 0.1) is 0 Å². The summed E-state index contributed by atoms with van der Waals surface area (Å²) in [4.78, 5) is 23.5. The Morgan fingerprint density at radius 3 is 2.52 bits per heavy atom. The Kier molecular flexibility index (Phi) is 5.83. The molecule has 1 aromatic carbocycles. The lowest BCUT2D eigenvalue weighted by Gasteiger charge is -2.18. The summed E-state index contributed by atoms with van der Waals surface area (Å²) < 4.78 is 0. The lowest BCUT2D eigenvalue weighted by molar-refractivity contribution is -0.133. The Labute approximate surface area is 131 Å². The van der Waals surface area contributed by atoms with Gasteiger partial charge in [-0.15, -0.1) is 23.1 Å². The predicted molar refractivity (Wildman–Crippen MR) is 85.7 cm³/mol. The third kappa shape index (κ3) is 4.91. The molecule has 0 fully saturated rings. The van der Waals surface area contributed by atoms with Gasteiger partial charge in [-0.2, -0.15) is 0 Å². The molecule has 2 aromatic rings. The molecule has 0 saturated heterocycles. The molecule has 2 rings (SSSR count). The molecule has 0 aliphatic rings. The second-order valence-electron chi connectivity index (χ2n) is 4.31. The van der Waals surface area contributed by atoms with Gasteiger partial charge >= 0.3 is 5.97 Å². The zero-order chi connectivity index (χ0) is 15.1. The highest BCUT2D eigenvalue weighted by molar-refractivity contribution is 8.00. The monoisotopic (exact) mass is 321 g/mol. The van der Waals surface area contributed by atoms with E-state index in [0.29, 0.717) is 0 Å². The maximum atomic E-state index is 12.0. The summed E-state index contributed by atoms with van der Waals surface area (Å²) in [7, 11) is 0. The van der Waals surface area contributed by atoms with Crippen LogP contribution < -0.4 is 5.32 Å². The van der Waals surface area contributed by atoms with Crippen molar-refractivity contribution in [3.63, 3.8) is 0 Å². The number of carbonyl (C=O) groups is 2. The van der Waals surface area contributed by atoms with E-state index in [0.717, 1.165) is 22.2 Å². The van der Waals surface area contributed by atoms with Crippen LogP contribution in [0.25, 0.3) is 0 Å². The molecule has 1 unspecified atom stereocenters. The first-order chi connectivity index (χ1) is 10.2. The summed E-state index contributed by atoms with van der Waals surface area (Å²) in [5, 5.41) is 13.5. The maximum absolute atomic E-state index is 12.0. The molecule has 4 nitrogen and oxygen atoms in total. The van der Waals surface area contributed by atoms with Crippen LogP contribution in [0.3, 0.4) is 0 Å². The number of rotatable bonds is 7. The Hall–Kier alpha value is -1.79. The molecular weight excluding hydrogens is 306 g/mol. The summed E-state index contributed by atoms with van der Waals surface area (Å²) in [6, 6.07) is 13.5. The van der Waals surface area contributed by atoms with E-state index in [-0.39, 0.29) is 23.5 Å². The van der Waals surface area contributed by atoms with Crippen molar-refractivity contribution < 1.29 is 14.7 Å². The predicted octanol–water partition coefficient (Wildman–Crippen LogP) is 2.77. The Morgan fingerprint density at radius 2 is 1.90 bits per heavy atom. The SMILES string of the molecule is O=C(O)CSCC(=O)NC(c1ccccc1)c1cccs1. The third-order valence-electron chi connectivity index (χ3n) is 2.72. The van der Waals surface area contributed by atoms with E-state index in [1.807, 2.05) is 47.8 Å². The molecule has 2 N–H and O–H groups in total. The van der Waals surface area contributed by atoms with Crippen LogP contribution in [0.2, 0.25) is 0 Å². The van der Waals surface area contributed by atoms with Gasteiger partial charge in [0.1, 0.15) is 0 Å². The van der Waals surface area contributed by atoms with Crippen molar-refractivity contribution in [3.8, 4) is 0 Å². The highest BCUT2D eigenvalue weighted by Crippen LogP contribution is 2.25. The normalized spacial score (nSPS) is 11.8. The standard InChI is InChI=1S/C15H15NO3S2/c17-13(9-20-10-14(18)19)16-15(12-7-4-8-21-12)11-5-2-1-3-6-11/h1-8,15H,9-10H2,(H,16,17)(H,18,19). The van der Waals surface area contributed by atoms with Crippen LogP contribution in [0.5, 0.6) is 0 Å². The first kappa shape index (κ1) is 15.6. The second kappa shape index (κ2) is 7.85. The minimum atomic E-state index is -0.911. The number of amides is 1. The fourth-order valence-corrected chi connectivity index (χ4v) is 3.20. The largest absolute Gasteiger partial charge is 0.481 e. The molecule has 1 atom stereocenters.